The van der Waals surface area contributed by atoms with Crippen molar-refractivity contribution in [2.75, 3.05) is 0 Å². The van der Waals surface area contributed by atoms with Crippen molar-refractivity contribution in [2.24, 2.45) is 0 Å². The highest BCUT2D eigenvalue weighted by Gasteiger charge is 2.42. The van der Waals surface area contributed by atoms with E-state index in [0.29, 0.717) is 0 Å². The first-order chi connectivity index (χ1) is 10.4. The standard InChI is InChI=1S/C20H12O/c1-2-5-12-11(4-1)8-9-13-14-6-3-7-15-18(14)17(10-16(12)13)20-19(15)21-20/h1-3,5-10,20H,4H2. The van der Waals surface area contributed by atoms with Gasteiger partial charge in [-0.2, -0.15) is 0 Å². The molecule has 0 bridgehead atoms. The molecule has 1 unspecified atom stereocenters. The number of fused-ring (bicyclic) bond motifs is 6. The van der Waals surface area contributed by atoms with Crippen LogP contribution >= 0.6 is 0 Å². The Morgan fingerprint density at radius 1 is 1.00 bits per heavy atom. The molecule has 1 atom stereocenters. The molecule has 1 nitrogen and oxygen atoms in total. The average molecular weight is 268 g/mol. The Balaban J connectivity index is 1.95. The molecule has 98 valence electrons. The Labute approximate surface area is 121 Å². The molecule has 2 aliphatic carbocycles. The molecule has 0 radical (unpaired) electrons. The van der Waals surface area contributed by atoms with E-state index < -0.39 is 0 Å². The first kappa shape index (κ1) is 10.2. The summed E-state index contributed by atoms with van der Waals surface area (Å²) < 4.78 is 5.75. The van der Waals surface area contributed by atoms with Gasteiger partial charge in [0, 0.05) is 16.2 Å². The summed E-state index contributed by atoms with van der Waals surface area (Å²) in [6, 6.07) is 13.5. The zero-order chi connectivity index (χ0) is 13.6. The van der Waals surface area contributed by atoms with Gasteiger partial charge in [-0.15, -0.1) is 0 Å². The van der Waals surface area contributed by atoms with E-state index in [2.05, 4.69) is 54.6 Å². The topological polar surface area (TPSA) is 12.5 Å². The Bertz CT molecular complexity index is 1130. The number of epoxide rings is 1. The molecular formula is C20H12O. The second-order valence-corrected chi connectivity index (χ2v) is 6.09. The second-order valence-electron chi connectivity index (χ2n) is 6.09. The predicted octanol–water partition coefficient (Wildman–Crippen LogP) is 3.08. The first-order valence-electron chi connectivity index (χ1n) is 7.47. The van der Waals surface area contributed by atoms with Crippen molar-refractivity contribution in [1.29, 1.82) is 0 Å². The zero-order valence-corrected chi connectivity index (χ0v) is 11.4. The fraction of sp³-hybridized carbons (Fsp3) is 0.100. The van der Waals surface area contributed by atoms with E-state index in [1.54, 1.807) is 0 Å². The molecule has 0 saturated carbocycles. The maximum atomic E-state index is 5.75. The van der Waals surface area contributed by atoms with Crippen LogP contribution in [0.2, 0.25) is 0 Å². The van der Waals surface area contributed by atoms with Crippen LogP contribution in [0.4, 0.5) is 0 Å². The van der Waals surface area contributed by atoms with E-state index in [1.807, 2.05) is 0 Å². The van der Waals surface area contributed by atoms with E-state index >= 15 is 0 Å². The van der Waals surface area contributed by atoms with Gasteiger partial charge in [-0.25, -0.2) is 0 Å². The lowest BCUT2D eigenvalue weighted by Crippen LogP contribution is -2.12. The van der Waals surface area contributed by atoms with Gasteiger partial charge in [-0.1, -0.05) is 48.6 Å². The van der Waals surface area contributed by atoms with Gasteiger partial charge < -0.3 is 4.74 Å². The molecule has 0 spiro atoms. The monoisotopic (exact) mass is 268 g/mol. The maximum Gasteiger partial charge on any atom is 0.182 e. The molecule has 1 aliphatic heterocycles. The Kier molecular flexibility index (Phi) is 1.56. The lowest BCUT2D eigenvalue weighted by atomic mass is 9.92. The Hall–Kier alpha value is -2.54. The van der Waals surface area contributed by atoms with Gasteiger partial charge in [0.05, 0.1) is 0 Å². The van der Waals surface area contributed by atoms with Crippen LogP contribution in [0, 0.1) is 0 Å². The highest BCUT2D eigenvalue weighted by molar-refractivity contribution is 6.12. The second kappa shape index (κ2) is 3.20. The van der Waals surface area contributed by atoms with Gasteiger partial charge >= 0.3 is 0 Å². The van der Waals surface area contributed by atoms with Crippen molar-refractivity contribution < 1.29 is 4.74 Å². The van der Waals surface area contributed by atoms with Gasteiger partial charge in [0.1, 0.15) is 0 Å². The van der Waals surface area contributed by atoms with E-state index in [4.69, 9.17) is 4.74 Å². The largest absolute Gasteiger partial charge is 0.477 e. The van der Waals surface area contributed by atoms with Crippen LogP contribution in [-0.4, -0.2) is 0 Å². The molecule has 1 fully saturated rings. The summed E-state index contributed by atoms with van der Waals surface area (Å²) in [6.07, 6.45) is 7.91. The van der Waals surface area contributed by atoms with Crippen LogP contribution < -0.4 is 10.4 Å². The molecule has 0 amide bonds. The summed E-state index contributed by atoms with van der Waals surface area (Å²) in [5, 5.41) is 8.19. The van der Waals surface area contributed by atoms with Crippen LogP contribution in [0.3, 0.4) is 0 Å². The number of rotatable bonds is 0. The van der Waals surface area contributed by atoms with Crippen molar-refractivity contribution in [3.05, 3.63) is 70.1 Å². The van der Waals surface area contributed by atoms with E-state index in [9.17, 15) is 0 Å². The molecular weight excluding hydrogens is 256 g/mol. The molecule has 3 aliphatic rings. The van der Waals surface area contributed by atoms with Crippen molar-refractivity contribution in [1.82, 2.24) is 0 Å². The third kappa shape index (κ3) is 1.10. The predicted molar refractivity (Wildman–Crippen MR) is 85.2 cm³/mol. The average Bonchev–Trinajstić information content (AvgIpc) is 3.28. The number of benzene rings is 3. The normalized spacial score (nSPS) is 20.2. The van der Waals surface area contributed by atoms with Crippen molar-refractivity contribution in [2.45, 2.75) is 12.5 Å². The van der Waals surface area contributed by atoms with Crippen LogP contribution in [0.15, 0.2) is 48.6 Å². The third-order valence-electron chi connectivity index (χ3n) is 5.03. The molecule has 1 saturated heterocycles. The van der Waals surface area contributed by atoms with Crippen LogP contribution in [0.5, 0.6) is 0 Å². The number of hydrogen-bond donors (Lipinski definition) is 0. The molecule has 21 heavy (non-hydrogen) atoms. The van der Waals surface area contributed by atoms with Crippen molar-refractivity contribution >= 4 is 33.4 Å². The van der Waals surface area contributed by atoms with E-state index in [1.165, 1.54) is 48.9 Å². The quantitative estimate of drug-likeness (QED) is 0.451. The van der Waals surface area contributed by atoms with Crippen LogP contribution in [0.1, 0.15) is 17.2 Å². The molecule has 1 heteroatoms. The van der Waals surface area contributed by atoms with Crippen molar-refractivity contribution in [3.63, 3.8) is 0 Å². The van der Waals surface area contributed by atoms with E-state index in [-0.39, 0.29) is 6.10 Å². The summed E-state index contributed by atoms with van der Waals surface area (Å²) in [7, 11) is 0. The fourth-order valence-corrected chi connectivity index (χ4v) is 4.04. The van der Waals surface area contributed by atoms with Gasteiger partial charge in [0.25, 0.3) is 0 Å². The van der Waals surface area contributed by atoms with Crippen LogP contribution in [0.25, 0.3) is 33.4 Å². The van der Waals surface area contributed by atoms with Crippen LogP contribution in [-0.2, 0) is 11.2 Å². The van der Waals surface area contributed by atoms with Gasteiger partial charge in [-0.3, -0.25) is 0 Å². The number of ether oxygens (including phenoxy) is 1. The maximum absolute atomic E-state index is 5.75. The molecule has 6 rings (SSSR count). The minimum absolute atomic E-state index is 0.226. The third-order valence-corrected chi connectivity index (χ3v) is 5.03. The molecule has 3 aromatic carbocycles. The lowest BCUT2D eigenvalue weighted by Gasteiger charge is -2.12. The van der Waals surface area contributed by atoms with E-state index in [0.717, 1.165) is 6.42 Å². The summed E-state index contributed by atoms with van der Waals surface area (Å²) in [5.41, 5.74) is 2.78. The summed E-state index contributed by atoms with van der Waals surface area (Å²) in [5.74, 6) is 1.17. The molecule has 0 N–H and O–H groups in total. The number of hydrogen-bond acceptors (Lipinski definition) is 1. The van der Waals surface area contributed by atoms with Gasteiger partial charge in [-0.05, 0) is 39.4 Å². The Morgan fingerprint density at radius 2 is 2.00 bits per heavy atom. The highest BCUT2D eigenvalue weighted by atomic mass is 16.6. The fourth-order valence-electron chi connectivity index (χ4n) is 4.04. The molecule has 1 heterocycles. The summed E-state index contributed by atoms with van der Waals surface area (Å²) >= 11 is 0. The van der Waals surface area contributed by atoms with Gasteiger partial charge in [0.2, 0.25) is 0 Å². The lowest BCUT2D eigenvalue weighted by molar-refractivity contribution is 0.451. The summed E-state index contributed by atoms with van der Waals surface area (Å²) in [4.78, 5) is 0. The highest BCUT2D eigenvalue weighted by Crippen LogP contribution is 2.50. The van der Waals surface area contributed by atoms with Crippen molar-refractivity contribution in [3.8, 4) is 0 Å². The SMILES string of the molecule is C1=CCc2ccc3c(cc4c5c(cccc53)=C3OC34)c2=C1. The summed E-state index contributed by atoms with van der Waals surface area (Å²) in [6.45, 7) is 0. The molecule has 0 aromatic heterocycles. The first-order valence-corrected chi connectivity index (χ1v) is 7.47. The molecule has 3 aromatic rings. The zero-order valence-electron chi connectivity index (χ0n) is 11.4. The number of allylic oxidation sites excluding steroid dienone is 2. The Morgan fingerprint density at radius 3 is 3.00 bits per heavy atom. The minimum atomic E-state index is 0.226. The minimum Gasteiger partial charge on any atom is -0.477 e. The smallest absolute Gasteiger partial charge is 0.182 e. The van der Waals surface area contributed by atoms with Gasteiger partial charge in [0.15, 0.2) is 11.9 Å².